The SMILES string of the molecule is CSC(C)CCNCc1c(Cl)c(C)nn1C. The van der Waals surface area contributed by atoms with Crippen LogP contribution in [0.4, 0.5) is 0 Å². The van der Waals surface area contributed by atoms with Crippen molar-refractivity contribution in [1.82, 2.24) is 15.1 Å². The molecule has 0 radical (unpaired) electrons. The standard InChI is InChI=1S/C11H20ClN3S/c1-8(16-4)5-6-13-7-10-11(12)9(2)14-15(10)3/h8,13H,5-7H2,1-4H3. The number of aromatic nitrogens is 2. The van der Waals surface area contributed by atoms with Gasteiger partial charge < -0.3 is 5.32 Å². The maximum atomic E-state index is 6.16. The molecule has 0 aliphatic carbocycles. The second-order valence-corrected chi connectivity index (χ2v) is 5.64. The van der Waals surface area contributed by atoms with Gasteiger partial charge in [0.2, 0.25) is 0 Å². The maximum absolute atomic E-state index is 6.16. The smallest absolute Gasteiger partial charge is 0.0860 e. The summed E-state index contributed by atoms with van der Waals surface area (Å²) in [6.07, 6.45) is 3.32. The molecule has 92 valence electrons. The summed E-state index contributed by atoms with van der Waals surface area (Å²) in [5.41, 5.74) is 1.97. The number of hydrogen-bond acceptors (Lipinski definition) is 3. The van der Waals surface area contributed by atoms with Gasteiger partial charge >= 0.3 is 0 Å². The number of nitrogens with one attached hydrogen (secondary N) is 1. The lowest BCUT2D eigenvalue weighted by Crippen LogP contribution is -2.19. The molecule has 1 aromatic rings. The van der Waals surface area contributed by atoms with Crippen molar-refractivity contribution in [3.8, 4) is 0 Å². The van der Waals surface area contributed by atoms with Crippen LogP contribution in [-0.2, 0) is 13.6 Å². The van der Waals surface area contributed by atoms with Crippen molar-refractivity contribution in [3.05, 3.63) is 16.4 Å². The first-order chi connectivity index (χ1) is 7.56. The Labute approximate surface area is 107 Å². The average Bonchev–Trinajstić information content (AvgIpc) is 2.49. The van der Waals surface area contributed by atoms with E-state index in [0.29, 0.717) is 5.25 Å². The number of aryl methyl sites for hydroxylation is 2. The molecule has 1 rings (SSSR count). The molecule has 16 heavy (non-hydrogen) atoms. The molecule has 0 aliphatic heterocycles. The van der Waals surface area contributed by atoms with Crippen LogP contribution in [-0.4, -0.2) is 27.8 Å². The van der Waals surface area contributed by atoms with Gasteiger partial charge in [-0.2, -0.15) is 16.9 Å². The van der Waals surface area contributed by atoms with Gasteiger partial charge in [0, 0.05) is 18.8 Å². The summed E-state index contributed by atoms with van der Waals surface area (Å²) in [5.74, 6) is 0. The van der Waals surface area contributed by atoms with E-state index in [1.165, 1.54) is 6.42 Å². The van der Waals surface area contributed by atoms with Crippen molar-refractivity contribution < 1.29 is 0 Å². The fourth-order valence-corrected chi connectivity index (χ4v) is 2.08. The van der Waals surface area contributed by atoms with Crippen LogP contribution in [0.3, 0.4) is 0 Å². The molecule has 1 atom stereocenters. The normalized spacial score (nSPS) is 13.1. The highest BCUT2D eigenvalue weighted by atomic mass is 35.5. The van der Waals surface area contributed by atoms with Gasteiger partial charge in [0.1, 0.15) is 0 Å². The highest BCUT2D eigenvalue weighted by molar-refractivity contribution is 7.99. The van der Waals surface area contributed by atoms with Gasteiger partial charge in [0.25, 0.3) is 0 Å². The number of rotatable bonds is 6. The third-order valence-electron chi connectivity index (χ3n) is 2.68. The molecule has 1 aromatic heterocycles. The number of nitrogens with zero attached hydrogens (tertiary/aromatic N) is 2. The molecule has 0 saturated carbocycles. The van der Waals surface area contributed by atoms with Gasteiger partial charge in [-0.05, 0) is 26.1 Å². The molecule has 0 aromatic carbocycles. The monoisotopic (exact) mass is 261 g/mol. The van der Waals surface area contributed by atoms with E-state index in [-0.39, 0.29) is 0 Å². The van der Waals surface area contributed by atoms with E-state index in [4.69, 9.17) is 11.6 Å². The summed E-state index contributed by atoms with van der Waals surface area (Å²) >= 11 is 8.05. The Kier molecular flexibility index (Phi) is 5.66. The van der Waals surface area contributed by atoms with E-state index in [9.17, 15) is 0 Å². The molecule has 1 unspecified atom stereocenters. The Bertz CT molecular complexity index is 338. The number of thioether (sulfide) groups is 1. The highest BCUT2D eigenvalue weighted by Gasteiger charge is 2.10. The topological polar surface area (TPSA) is 29.9 Å². The van der Waals surface area contributed by atoms with Gasteiger partial charge in [-0.3, -0.25) is 4.68 Å². The summed E-state index contributed by atoms with van der Waals surface area (Å²) in [5, 5.41) is 9.17. The van der Waals surface area contributed by atoms with Crippen molar-refractivity contribution in [2.45, 2.75) is 32.1 Å². The van der Waals surface area contributed by atoms with E-state index in [0.717, 1.165) is 29.5 Å². The van der Waals surface area contributed by atoms with Crippen molar-refractivity contribution in [2.75, 3.05) is 12.8 Å². The van der Waals surface area contributed by atoms with Crippen molar-refractivity contribution in [1.29, 1.82) is 0 Å². The van der Waals surface area contributed by atoms with E-state index < -0.39 is 0 Å². The van der Waals surface area contributed by atoms with Crippen molar-refractivity contribution >= 4 is 23.4 Å². The van der Waals surface area contributed by atoms with Gasteiger partial charge in [0.05, 0.1) is 16.4 Å². The molecule has 0 aliphatic rings. The molecule has 0 saturated heterocycles. The van der Waals surface area contributed by atoms with Gasteiger partial charge in [-0.1, -0.05) is 18.5 Å². The molecule has 1 N–H and O–H groups in total. The minimum atomic E-state index is 0.705. The first-order valence-corrected chi connectivity index (χ1v) is 7.14. The summed E-state index contributed by atoms with van der Waals surface area (Å²) in [4.78, 5) is 0. The fourth-order valence-electron chi connectivity index (χ4n) is 1.50. The lowest BCUT2D eigenvalue weighted by Gasteiger charge is -2.09. The fraction of sp³-hybridized carbons (Fsp3) is 0.727. The van der Waals surface area contributed by atoms with Crippen LogP contribution in [0, 0.1) is 6.92 Å². The Morgan fingerprint density at radius 3 is 2.75 bits per heavy atom. The van der Waals surface area contributed by atoms with Crippen LogP contribution in [0.2, 0.25) is 5.02 Å². The van der Waals surface area contributed by atoms with E-state index >= 15 is 0 Å². The summed E-state index contributed by atoms with van der Waals surface area (Å²) in [6, 6.07) is 0. The molecule has 3 nitrogen and oxygen atoms in total. The largest absolute Gasteiger partial charge is 0.311 e. The molecule has 0 bridgehead atoms. The van der Waals surface area contributed by atoms with Crippen LogP contribution < -0.4 is 5.32 Å². The van der Waals surface area contributed by atoms with Gasteiger partial charge in [-0.25, -0.2) is 0 Å². The second-order valence-electron chi connectivity index (χ2n) is 3.98. The molecule has 0 amide bonds. The van der Waals surface area contributed by atoms with Crippen molar-refractivity contribution in [2.24, 2.45) is 7.05 Å². The van der Waals surface area contributed by atoms with Crippen LogP contribution >= 0.6 is 23.4 Å². The van der Waals surface area contributed by atoms with E-state index in [1.54, 1.807) is 0 Å². The average molecular weight is 262 g/mol. The highest BCUT2D eigenvalue weighted by Crippen LogP contribution is 2.18. The predicted molar refractivity (Wildman–Crippen MR) is 72.3 cm³/mol. The maximum Gasteiger partial charge on any atom is 0.0860 e. The number of halogens is 1. The zero-order valence-electron chi connectivity index (χ0n) is 10.4. The predicted octanol–water partition coefficient (Wildman–Crippen LogP) is 2.61. The van der Waals surface area contributed by atoms with Gasteiger partial charge in [0.15, 0.2) is 0 Å². The molecular formula is C11H20ClN3S. The lowest BCUT2D eigenvalue weighted by atomic mass is 10.3. The van der Waals surface area contributed by atoms with Gasteiger partial charge in [-0.15, -0.1) is 0 Å². The Morgan fingerprint density at radius 2 is 2.25 bits per heavy atom. The summed E-state index contributed by atoms with van der Waals surface area (Å²) in [6.45, 7) is 5.98. The Balaban J connectivity index is 2.37. The minimum Gasteiger partial charge on any atom is -0.311 e. The van der Waals surface area contributed by atoms with Crippen molar-refractivity contribution in [3.63, 3.8) is 0 Å². The Hall–Kier alpha value is -0.190. The first-order valence-electron chi connectivity index (χ1n) is 5.47. The van der Waals surface area contributed by atoms with Crippen LogP contribution in [0.5, 0.6) is 0 Å². The minimum absolute atomic E-state index is 0.705. The molecular weight excluding hydrogens is 242 g/mol. The lowest BCUT2D eigenvalue weighted by molar-refractivity contribution is 0.605. The number of hydrogen-bond donors (Lipinski definition) is 1. The van der Waals surface area contributed by atoms with Crippen LogP contribution in [0.1, 0.15) is 24.7 Å². The Morgan fingerprint density at radius 1 is 1.56 bits per heavy atom. The van der Waals surface area contributed by atoms with Crippen LogP contribution in [0.15, 0.2) is 0 Å². The summed E-state index contributed by atoms with van der Waals surface area (Å²) < 4.78 is 1.85. The zero-order chi connectivity index (χ0) is 12.1. The summed E-state index contributed by atoms with van der Waals surface area (Å²) in [7, 11) is 1.93. The quantitative estimate of drug-likeness (QED) is 0.799. The molecule has 5 heteroatoms. The third-order valence-corrected chi connectivity index (χ3v) is 4.22. The zero-order valence-corrected chi connectivity index (χ0v) is 12.0. The third kappa shape index (κ3) is 3.68. The van der Waals surface area contributed by atoms with E-state index in [2.05, 4.69) is 23.6 Å². The van der Waals surface area contributed by atoms with Crippen LogP contribution in [0.25, 0.3) is 0 Å². The molecule has 1 heterocycles. The van der Waals surface area contributed by atoms with E-state index in [1.807, 2.05) is 30.4 Å². The molecule has 0 spiro atoms. The molecule has 0 fully saturated rings. The second kappa shape index (κ2) is 6.52. The first kappa shape index (κ1) is 13.9.